The van der Waals surface area contributed by atoms with E-state index < -0.39 is 0 Å². The molecule has 0 aliphatic heterocycles. The smallest absolute Gasteiger partial charge is 0.164 e. The van der Waals surface area contributed by atoms with E-state index in [1.54, 1.807) is 0 Å². The maximum atomic E-state index is 6.74. The van der Waals surface area contributed by atoms with Crippen molar-refractivity contribution in [3.8, 4) is 56.4 Å². The molecule has 4 nitrogen and oxygen atoms in total. The number of aromatic nitrogens is 3. The second-order valence-electron chi connectivity index (χ2n) is 14.1. The third-order valence-electron chi connectivity index (χ3n) is 10.9. The molecule has 1 aliphatic carbocycles. The van der Waals surface area contributed by atoms with Gasteiger partial charge in [-0.3, -0.25) is 0 Å². The van der Waals surface area contributed by atoms with Gasteiger partial charge in [-0.15, -0.1) is 0 Å². The van der Waals surface area contributed by atoms with E-state index >= 15 is 0 Å². The first kappa shape index (κ1) is 29.3. The van der Waals surface area contributed by atoms with Crippen molar-refractivity contribution in [2.45, 2.75) is 38.5 Å². The third-order valence-corrected chi connectivity index (χ3v) is 10.9. The number of benzene rings is 6. The zero-order chi connectivity index (χ0) is 33.3. The second-order valence-corrected chi connectivity index (χ2v) is 14.1. The lowest BCUT2D eigenvalue weighted by atomic mass is 9.55. The zero-order valence-corrected chi connectivity index (χ0v) is 28.0. The van der Waals surface area contributed by atoms with Crippen molar-refractivity contribution in [1.29, 1.82) is 0 Å². The fraction of sp³-hybridized carbons (Fsp3) is 0.133. The molecular formula is C45H35N3O. The highest BCUT2D eigenvalue weighted by Gasteiger charge is 2.47. The first-order valence-corrected chi connectivity index (χ1v) is 16.9. The summed E-state index contributed by atoms with van der Waals surface area (Å²) in [6, 6.07) is 48.6. The van der Waals surface area contributed by atoms with Gasteiger partial charge in [0.2, 0.25) is 0 Å². The van der Waals surface area contributed by atoms with Crippen LogP contribution in [0.5, 0.6) is 0 Å². The van der Waals surface area contributed by atoms with Crippen LogP contribution >= 0.6 is 0 Å². The number of nitrogens with zero attached hydrogens (tertiary/aromatic N) is 3. The fourth-order valence-corrected chi connectivity index (χ4v) is 7.53. The van der Waals surface area contributed by atoms with Crippen LogP contribution in [0.4, 0.5) is 0 Å². The first-order chi connectivity index (χ1) is 23.8. The number of hydrogen-bond acceptors (Lipinski definition) is 4. The van der Waals surface area contributed by atoms with E-state index in [0.717, 1.165) is 49.8 Å². The number of furan rings is 1. The Morgan fingerprint density at radius 3 is 1.59 bits per heavy atom. The van der Waals surface area contributed by atoms with Crippen molar-refractivity contribution < 1.29 is 4.42 Å². The summed E-state index contributed by atoms with van der Waals surface area (Å²) < 4.78 is 6.74. The van der Waals surface area contributed by atoms with E-state index in [4.69, 9.17) is 19.4 Å². The van der Waals surface area contributed by atoms with Crippen molar-refractivity contribution in [3.05, 3.63) is 151 Å². The molecule has 6 aromatic carbocycles. The molecule has 0 amide bonds. The Morgan fingerprint density at radius 2 is 0.959 bits per heavy atom. The predicted molar refractivity (Wildman–Crippen MR) is 200 cm³/mol. The van der Waals surface area contributed by atoms with Gasteiger partial charge in [-0.05, 0) is 51.4 Å². The van der Waals surface area contributed by atoms with Gasteiger partial charge in [0.05, 0.1) is 0 Å². The van der Waals surface area contributed by atoms with Gasteiger partial charge in [0.25, 0.3) is 0 Å². The van der Waals surface area contributed by atoms with Gasteiger partial charge >= 0.3 is 0 Å². The minimum Gasteiger partial charge on any atom is -0.456 e. The molecule has 0 radical (unpaired) electrons. The monoisotopic (exact) mass is 633 g/mol. The molecule has 0 N–H and O–H groups in total. The molecule has 0 fully saturated rings. The summed E-state index contributed by atoms with van der Waals surface area (Å²) in [6.45, 7) is 9.44. The zero-order valence-electron chi connectivity index (χ0n) is 28.0. The normalized spacial score (nSPS) is 14.4. The van der Waals surface area contributed by atoms with E-state index in [2.05, 4.69) is 107 Å². The standard InChI is InChI=1S/C45H35N3O/c1-44(2)37-18-12-11-17-33(37)34-24-25-35-36-27-32(23-26-38(36)49-40(35)39(34)45(44,3)4)28-19-21-31(22-20-28)43-47-41(29-13-7-5-8-14-29)46-42(48-43)30-15-9-6-10-16-30/h5-27H,1-4H3. The molecule has 49 heavy (non-hydrogen) atoms. The van der Waals surface area contributed by atoms with Crippen LogP contribution in [0.1, 0.15) is 38.8 Å². The van der Waals surface area contributed by atoms with Crippen molar-refractivity contribution >= 4 is 21.9 Å². The quantitative estimate of drug-likeness (QED) is 0.193. The maximum Gasteiger partial charge on any atom is 0.164 e. The first-order valence-electron chi connectivity index (χ1n) is 16.9. The molecule has 0 atom stereocenters. The maximum absolute atomic E-state index is 6.74. The van der Waals surface area contributed by atoms with E-state index in [-0.39, 0.29) is 10.8 Å². The molecule has 0 unspecified atom stereocenters. The second kappa shape index (κ2) is 10.8. The van der Waals surface area contributed by atoms with Gasteiger partial charge in [-0.25, -0.2) is 15.0 Å². The van der Waals surface area contributed by atoms with Crippen molar-refractivity contribution in [2.75, 3.05) is 0 Å². The van der Waals surface area contributed by atoms with Crippen LogP contribution in [0, 0.1) is 0 Å². The molecule has 236 valence electrons. The summed E-state index contributed by atoms with van der Waals surface area (Å²) in [5.74, 6) is 1.96. The summed E-state index contributed by atoms with van der Waals surface area (Å²) >= 11 is 0. The lowest BCUT2D eigenvalue weighted by Gasteiger charge is -2.48. The van der Waals surface area contributed by atoms with E-state index in [1.807, 2.05) is 60.7 Å². The number of fused-ring (bicyclic) bond motifs is 7. The Hall–Kier alpha value is -5.87. The van der Waals surface area contributed by atoms with Gasteiger partial charge in [0.15, 0.2) is 17.5 Å². The predicted octanol–water partition coefficient (Wildman–Crippen LogP) is 11.7. The summed E-state index contributed by atoms with van der Waals surface area (Å²) in [5.41, 5.74) is 12.0. The van der Waals surface area contributed by atoms with Crippen molar-refractivity contribution in [3.63, 3.8) is 0 Å². The van der Waals surface area contributed by atoms with Crippen molar-refractivity contribution in [2.24, 2.45) is 0 Å². The Morgan fingerprint density at radius 1 is 0.429 bits per heavy atom. The average molecular weight is 634 g/mol. The number of hydrogen-bond donors (Lipinski definition) is 0. The van der Waals surface area contributed by atoms with Crippen LogP contribution in [-0.4, -0.2) is 15.0 Å². The largest absolute Gasteiger partial charge is 0.456 e. The Kier molecular flexibility index (Phi) is 6.47. The topological polar surface area (TPSA) is 51.8 Å². The van der Waals surface area contributed by atoms with Crippen LogP contribution in [0.15, 0.2) is 144 Å². The van der Waals surface area contributed by atoms with Gasteiger partial charge in [-0.1, -0.05) is 149 Å². The molecule has 9 rings (SSSR count). The fourth-order valence-electron chi connectivity index (χ4n) is 7.53. The molecule has 4 heteroatoms. The Labute approximate surface area is 286 Å². The molecule has 2 heterocycles. The highest BCUT2D eigenvalue weighted by molar-refractivity contribution is 6.09. The summed E-state index contributed by atoms with van der Waals surface area (Å²) in [7, 11) is 0. The highest BCUT2D eigenvalue weighted by atomic mass is 16.3. The Balaban J connectivity index is 1.13. The molecule has 2 aromatic heterocycles. The van der Waals surface area contributed by atoms with E-state index in [0.29, 0.717) is 17.5 Å². The van der Waals surface area contributed by atoms with E-state index in [9.17, 15) is 0 Å². The van der Waals surface area contributed by atoms with Crippen molar-refractivity contribution in [1.82, 2.24) is 15.0 Å². The Bertz CT molecular complexity index is 2470. The van der Waals surface area contributed by atoms with Crippen LogP contribution < -0.4 is 0 Å². The van der Waals surface area contributed by atoms with Gasteiger partial charge in [0, 0.05) is 38.4 Å². The van der Waals surface area contributed by atoms with Crippen LogP contribution in [0.3, 0.4) is 0 Å². The molecular weight excluding hydrogens is 599 g/mol. The van der Waals surface area contributed by atoms with Crippen LogP contribution in [-0.2, 0) is 10.8 Å². The molecule has 1 aliphatic rings. The highest BCUT2D eigenvalue weighted by Crippen LogP contribution is 2.56. The van der Waals surface area contributed by atoms with Gasteiger partial charge < -0.3 is 4.42 Å². The SMILES string of the molecule is CC1(C)c2ccccc2-c2ccc3c(oc4ccc(-c5ccc(-c6nc(-c7ccccc7)nc(-c7ccccc7)n6)cc5)cc43)c2C1(C)C. The van der Waals surface area contributed by atoms with Crippen LogP contribution in [0.2, 0.25) is 0 Å². The summed E-state index contributed by atoms with van der Waals surface area (Å²) in [6.07, 6.45) is 0. The molecule has 0 saturated carbocycles. The van der Waals surface area contributed by atoms with Gasteiger partial charge in [0.1, 0.15) is 11.2 Å². The van der Waals surface area contributed by atoms with Gasteiger partial charge in [-0.2, -0.15) is 0 Å². The molecule has 8 aromatic rings. The third kappa shape index (κ3) is 4.55. The van der Waals surface area contributed by atoms with Crippen LogP contribution in [0.25, 0.3) is 78.4 Å². The lowest BCUT2D eigenvalue weighted by Crippen LogP contribution is -2.43. The minimum atomic E-state index is -0.140. The average Bonchev–Trinajstić information content (AvgIpc) is 3.52. The van der Waals surface area contributed by atoms with E-state index in [1.165, 1.54) is 22.3 Å². The molecule has 0 bridgehead atoms. The number of rotatable bonds is 4. The minimum absolute atomic E-state index is 0.0704. The molecule has 0 spiro atoms. The summed E-state index contributed by atoms with van der Waals surface area (Å²) in [5, 5.41) is 2.28. The molecule has 0 saturated heterocycles. The summed E-state index contributed by atoms with van der Waals surface area (Å²) in [4.78, 5) is 14.6. The lowest BCUT2D eigenvalue weighted by molar-refractivity contribution is 0.299.